The van der Waals surface area contributed by atoms with E-state index in [2.05, 4.69) is 10.5 Å². The number of carbonyl (C=O) groups is 2. The number of esters is 1. The first-order chi connectivity index (χ1) is 15.5. The lowest BCUT2D eigenvalue weighted by Gasteiger charge is -2.18. The number of hydrogen-bond acceptors (Lipinski definition) is 7. The minimum atomic E-state index is -0.775. The topological polar surface area (TPSA) is 99.9 Å². The van der Waals surface area contributed by atoms with Gasteiger partial charge in [-0.1, -0.05) is 40.5 Å². The molecule has 0 radical (unpaired) electrons. The van der Waals surface area contributed by atoms with E-state index in [1.165, 1.54) is 13.2 Å². The third kappa shape index (κ3) is 4.42. The first kappa shape index (κ1) is 21.7. The maximum Gasteiger partial charge on any atom is 0.345 e. The summed E-state index contributed by atoms with van der Waals surface area (Å²) in [6, 6.07) is 10.1. The van der Waals surface area contributed by atoms with Crippen molar-refractivity contribution in [3.05, 3.63) is 63.6 Å². The van der Waals surface area contributed by atoms with Gasteiger partial charge in [-0.3, -0.25) is 10.1 Å². The Labute approximate surface area is 192 Å². The van der Waals surface area contributed by atoms with Crippen LogP contribution in [0.4, 0.5) is 5.88 Å². The fourth-order valence-electron chi connectivity index (χ4n) is 3.05. The molecule has 1 amide bonds. The summed E-state index contributed by atoms with van der Waals surface area (Å²) in [4.78, 5) is 24.9. The number of aromatic nitrogens is 1. The van der Waals surface area contributed by atoms with Gasteiger partial charge in [-0.15, -0.1) is 0 Å². The van der Waals surface area contributed by atoms with Gasteiger partial charge in [0.25, 0.3) is 5.91 Å². The zero-order valence-electron chi connectivity index (χ0n) is 16.7. The second-order valence-electron chi connectivity index (χ2n) is 6.55. The molecule has 0 fully saturated rings. The number of nitrogens with one attached hydrogen (secondary N) is 1. The molecule has 32 heavy (non-hydrogen) atoms. The van der Waals surface area contributed by atoms with Crippen LogP contribution >= 0.6 is 23.2 Å². The van der Waals surface area contributed by atoms with Crippen LogP contribution in [0.2, 0.25) is 10.0 Å². The molecule has 0 unspecified atom stereocenters. The standard InChI is InChI=1S/C22H16Cl2N2O6/c1-29-22(28)19-20(18-13(23)3-2-4-14(18)24)26-32-21(19)25-17(27)8-6-12-5-7-15-16(11-12)31-10-9-30-15/h2-8,11H,9-10H2,1H3,(H,25,27)/b8-6-. The van der Waals surface area contributed by atoms with Crippen LogP contribution in [-0.4, -0.2) is 37.4 Å². The quantitative estimate of drug-likeness (QED) is 0.416. The number of rotatable bonds is 5. The van der Waals surface area contributed by atoms with E-state index < -0.39 is 11.9 Å². The highest BCUT2D eigenvalue weighted by atomic mass is 35.5. The lowest BCUT2D eigenvalue weighted by atomic mass is 10.1. The number of hydrogen-bond donors (Lipinski definition) is 1. The van der Waals surface area contributed by atoms with Crippen molar-refractivity contribution in [2.45, 2.75) is 0 Å². The van der Waals surface area contributed by atoms with Gasteiger partial charge in [0, 0.05) is 11.6 Å². The molecular weight excluding hydrogens is 459 g/mol. The van der Waals surface area contributed by atoms with Gasteiger partial charge < -0.3 is 18.7 Å². The summed E-state index contributed by atoms with van der Waals surface area (Å²) in [6.45, 7) is 0.950. The van der Waals surface area contributed by atoms with Gasteiger partial charge in [-0.05, 0) is 35.9 Å². The Morgan fingerprint density at radius 1 is 1.09 bits per heavy atom. The average molecular weight is 475 g/mol. The molecule has 1 aromatic heterocycles. The van der Waals surface area contributed by atoms with Crippen molar-refractivity contribution in [2.24, 2.45) is 0 Å². The highest BCUT2D eigenvalue weighted by Crippen LogP contribution is 2.38. The molecule has 0 atom stereocenters. The molecule has 0 saturated heterocycles. The van der Waals surface area contributed by atoms with E-state index in [1.807, 2.05) is 0 Å². The molecule has 8 nitrogen and oxygen atoms in total. The lowest BCUT2D eigenvalue weighted by Crippen LogP contribution is -2.15. The maximum atomic E-state index is 12.5. The highest BCUT2D eigenvalue weighted by Gasteiger charge is 2.28. The molecule has 2 heterocycles. The first-order valence-corrected chi connectivity index (χ1v) is 10.1. The largest absolute Gasteiger partial charge is 0.486 e. The van der Waals surface area contributed by atoms with Crippen LogP contribution in [0, 0.1) is 0 Å². The van der Waals surface area contributed by atoms with Gasteiger partial charge in [-0.2, -0.15) is 0 Å². The number of anilines is 1. The van der Waals surface area contributed by atoms with Crippen LogP contribution in [0.25, 0.3) is 17.3 Å². The Hall–Kier alpha value is -3.49. The summed E-state index contributed by atoms with van der Waals surface area (Å²) >= 11 is 12.5. The average Bonchev–Trinajstić information content (AvgIpc) is 3.19. The second-order valence-corrected chi connectivity index (χ2v) is 7.36. The SMILES string of the molecule is COC(=O)c1c(-c2c(Cl)cccc2Cl)noc1NC(=O)/C=C\c1ccc2c(c1)OCCO2. The van der Waals surface area contributed by atoms with E-state index >= 15 is 0 Å². The zero-order chi connectivity index (χ0) is 22.7. The highest BCUT2D eigenvalue weighted by molar-refractivity contribution is 6.39. The van der Waals surface area contributed by atoms with Crippen molar-refractivity contribution in [3.8, 4) is 22.8 Å². The van der Waals surface area contributed by atoms with Crippen molar-refractivity contribution in [1.29, 1.82) is 0 Å². The van der Waals surface area contributed by atoms with Crippen molar-refractivity contribution in [3.63, 3.8) is 0 Å². The van der Waals surface area contributed by atoms with Crippen LogP contribution in [0.15, 0.2) is 47.0 Å². The van der Waals surface area contributed by atoms with Gasteiger partial charge >= 0.3 is 5.97 Å². The van der Waals surface area contributed by atoms with Crippen LogP contribution < -0.4 is 14.8 Å². The summed E-state index contributed by atoms with van der Waals surface area (Å²) in [6.07, 6.45) is 2.85. The van der Waals surface area contributed by atoms with Gasteiger partial charge in [0.2, 0.25) is 5.88 Å². The summed E-state index contributed by atoms with van der Waals surface area (Å²) < 4.78 is 21.0. The monoisotopic (exact) mass is 474 g/mol. The van der Waals surface area contributed by atoms with Gasteiger partial charge in [0.05, 0.1) is 17.2 Å². The Morgan fingerprint density at radius 3 is 2.53 bits per heavy atom. The number of nitrogens with zero attached hydrogens (tertiary/aromatic N) is 1. The van der Waals surface area contributed by atoms with E-state index in [9.17, 15) is 9.59 Å². The third-order valence-electron chi connectivity index (χ3n) is 4.51. The number of ether oxygens (including phenoxy) is 3. The predicted octanol–water partition coefficient (Wildman–Crippen LogP) is 4.86. The molecule has 1 aliphatic rings. The molecule has 164 valence electrons. The number of halogens is 2. The van der Waals surface area contributed by atoms with Crippen molar-refractivity contribution in [2.75, 3.05) is 25.6 Å². The molecule has 4 rings (SSSR count). The number of benzene rings is 2. The Morgan fingerprint density at radius 2 is 1.81 bits per heavy atom. The normalized spacial score (nSPS) is 12.6. The third-order valence-corrected chi connectivity index (χ3v) is 5.14. The van der Waals surface area contributed by atoms with Crippen LogP contribution in [0.5, 0.6) is 11.5 Å². The van der Waals surface area contributed by atoms with Crippen LogP contribution in [0.3, 0.4) is 0 Å². The molecule has 3 aromatic rings. The summed E-state index contributed by atoms with van der Waals surface area (Å²) in [5.74, 6) is -0.280. The second kappa shape index (κ2) is 9.33. The lowest BCUT2D eigenvalue weighted by molar-refractivity contribution is -0.112. The number of amides is 1. The molecule has 2 aromatic carbocycles. The van der Waals surface area contributed by atoms with E-state index in [0.29, 0.717) is 24.7 Å². The van der Waals surface area contributed by atoms with E-state index in [1.54, 1.807) is 42.5 Å². The summed E-state index contributed by atoms with van der Waals surface area (Å²) in [7, 11) is 1.20. The Balaban J connectivity index is 1.59. The molecular formula is C22H16Cl2N2O6. The molecule has 1 N–H and O–H groups in total. The fraction of sp³-hybridized carbons (Fsp3) is 0.136. The number of fused-ring (bicyclic) bond motifs is 1. The predicted molar refractivity (Wildman–Crippen MR) is 118 cm³/mol. The van der Waals surface area contributed by atoms with Gasteiger partial charge in [0.1, 0.15) is 18.9 Å². The number of methoxy groups -OCH3 is 1. The molecule has 0 bridgehead atoms. The molecule has 1 aliphatic heterocycles. The summed E-state index contributed by atoms with van der Waals surface area (Å²) in [5.41, 5.74) is 0.952. The smallest absolute Gasteiger partial charge is 0.345 e. The Bertz CT molecular complexity index is 1200. The van der Waals surface area contributed by atoms with E-state index in [4.69, 9.17) is 41.9 Å². The Kier molecular flexibility index (Phi) is 6.34. The van der Waals surface area contributed by atoms with E-state index in [0.717, 1.165) is 5.56 Å². The van der Waals surface area contributed by atoms with Crippen molar-refractivity contribution >= 4 is 47.0 Å². The van der Waals surface area contributed by atoms with Crippen LogP contribution in [0.1, 0.15) is 15.9 Å². The van der Waals surface area contributed by atoms with Gasteiger partial charge in [-0.25, -0.2) is 4.79 Å². The molecule has 0 aliphatic carbocycles. The zero-order valence-corrected chi connectivity index (χ0v) is 18.2. The molecule has 0 saturated carbocycles. The molecule has 0 spiro atoms. The summed E-state index contributed by atoms with van der Waals surface area (Å²) in [5, 5.41) is 6.89. The minimum Gasteiger partial charge on any atom is -0.486 e. The maximum absolute atomic E-state index is 12.5. The minimum absolute atomic E-state index is 0.0542. The first-order valence-electron chi connectivity index (χ1n) is 9.39. The van der Waals surface area contributed by atoms with E-state index in [-0.39, 0.29) is 32.8 Å². The van der Waals surface area contributed by atoms with Crippen molar-refractivity contribution in [1.82, 2.24) is 5.16 Å². The van der Waals surface area contributed by atoms with Crippen LogP contribution in [-0.2, 0) is 9.53 Å². The fourth-order valence-corrected chi connectivity index (χ4v) is 3.63. The van der Waals surface area contributed by atoms with Crippen molar-refractivity contribution < 1.29 is 28.3 Å². The van der Waals surface area contributed by atoms with Gasteiger partial charge in [0.15, 0.2) is 17.1 Å². The molecule has 10 heteroatoms. The number of carbonyl (C=O) groups excluding carboxylic acids is 2.